The van der Waals surface area contributed by atoms with Crippen LogP contribution in [-0.2, 0) is 6.54 Å². The maximum Gasteiger partial charge on any atom is 0.400 e. The van der Waals surface area contributed by atoms with Gasteiger partial charge in [-0.05, 0) is 12.5 Å². The molecule has 1 unspecified atom stereocenters. The Morgan fingerprint density at radius 1 is 1.25 bits per heavy atom. The maximum absolute atomic E-state index is 12.5. The maximum atomic E-state index is 12.5. The minimum atomic E-state index is -4.40. The molecule has 0 saturated heterocycles. The number of benzene rings is 1. The SMILES string of the molecule is CC(c1nc(-c2ccc(CN)cc2)no1)C(F)(F)F.Cl. The standard InChI is InChI=1S/C12H12F3N3O.ClH/c1-7(12(13,14)15)11-17-10(18-19-11)9-4-2-8(6-16)3-5-9;/h2-5,7H,6,16H2,1H3;1H. The van der Waals surface area contributed by atoms with Crippen molar-refractivity contribution >= 4 is 12.4 Å². The van der Waals surface area contributed by atoms with E-state index >= 15 is 0 Å². The molecule has 110 valence electrons. The molecule has 0 fully saturated rings. The number of nitrogens with two attached hydrogens (primary N) is 1. The summed E-state index contributed by atoms with van der Waals surface area (Å²) in [6.45, 7) is 1.37. The lowest BCUT2D eigenvalue weighted by Gasteiger charge is -2.09. The van der Waals surface area contributed by atoms with E-state index in [1.54, 1.807) is 24.3 Å². The highest BCUT2D eigenvalue weighted by Gasteiger charge is 2.41. The highest BCUT2D eigenvalue weighted by molar-refractivity contribution is 5.85. The van der Waals surface area contributed by atoms with E-state index in [1.807, 2.05) is 0 Å². The van der Waals surface area contributed by atoms with Crippen molar-refractivity contribution in [1.82, 2.24) is 10.1 Å². The Kier molecular flexibility index (Phi) is 5.13. The minimum Gasteiger partial charge on any atom is -0.338 e. The van der Waals surface area contributed by atoms with Crippen molar-refractivity contribution in [2.45, 2.75) is 25.6 Å². The van der Waals surface area contributed by atoms with E-state index in [0.29, 0.717) is 12.1 Å². The van der Waals surface area contributed by atoms with Crippen LogP contribution in [0.2, 0.25) is 0 Å². The first-order chi connectivity index (χ1) is 8.91. The summed E-state index contributed by atoms with van der Waals surface area (Å²) in [5.74, 6) is -2.09. The summed E-state index contributed by atoms with van der Waals surface area (Å²) >= 11 is 0. The third-order valence-electron chi connectivity index (χ3n) is 2.75. The van der Waals surface area contributed by atoms with E-state index < -0.39 is 18.0 Å². The Balaban J connectivity index is 0.00000200. The second kappa shape index (κ2) is 6.23. The number of aromatic nitrogens is 2. The van der Waals surface area contributed by atoms with Crippen molar-refractivity contribution < 1.29 is 17.7 Å². The first-order valence-corrected chi connectivity index (χ1v) is 5.61. The van der Waals surface area contributed by atoms with Gasteiger partial charge in [-0.25, -0.2) is 0 Å². The van der Waals surface area contributed by atoms with Gasteiger partial charge in [0.1, 0.15) is 5.92 Å². The molecule has 2 N–H and O–H groups in total. The zero-order valence-electron chi connectivity index (χ0n) is 10.5. The first-order valence-electron chi connectivity index (χ1n) is 5.61. The van der Waals surface area contributed by atoms with Crippen molar-refractivity contribution in [1.29, 1.82) is 0 Å². The Morgan fingerprint density at radius 3 is 2.35 bits per heavy atom. The van der Waals surface area contributed by atoms with Crippen molar-refractivity contribution in [3.05, 3.63) is 35.7 Å². The first kappa shape index (κ1) is 16.5. The van der Waals surface area contributed by atoms with Crippen molar-refractivity contribution in [3.63, 3.8) is 0 Å². The Morgan fingerprint density at radius 2 is 1.85 bits per heavy atom. The zero-order chi connectivity index (χ0) is 14.0. The zero-order valence-corrected chi connectivity index (χ0v) is 11.3. The smallest absolute Gasteiger partial charge is 0.338 e. The van der Waals surface area contributed by atoms with Gasteiger partial charge in [-0.1, -0.05) is 29.4 Å². The van der Waals surface area contributed by atoms with Gasteiger partial charge in [-0.2, -0.15) is 18.2 Å². The van der Waals surface area contributed by atoms with Gasteiger partial charge in [0.25, 0.3) is 0 Å². The fraction of sp³-hybridized carbons (Fsp3) is 0.333. The predicted octanol–water partition coefficient (Wildman–Crippen LogP) is 3.28. The molecule has 20 heavy (non-hydrogen) atoms. The van der Waals surface area contributed by atoms with Gasteiger partial charge in [-0.3, -0.25) is 0 Å². The molecule has 1 heterocycles. The molecule has 0 saturated carbocycles. The van der Waals surface area contributed by atoms with Gasteiger partial charge in [0.2, 0.25) is 11.7 Å². The monoisotopic (exact) mass is 307 g/mol. The average Bonchev–Trinajstić information content (AvgIpc) is 2.86. The molecule has 0 aliphatic heterocycles. The lowest BCUT2D eigenvalue weighted by molar-refractivity contribution is -0.151. The molecule has 0 radical (unpaired) electrons. The van der Waals surface area contributed by atoms with Gasteiger partial charge in [0.15, 0.2) is 0 Å². The van der Waals surface area contributed by atoms with Crippen LogP contribution in [0, 0.1) is 0 Å². The van der Waals surface area contributed by atoms with E-state index in [4.69, 9.17) is 5.73 Å². The van der Waals surface area contributed by atoms with Gasteiger partial charge in [0.05, 0.1) is 0 Å². The van der Waals surface area contributed by atoms with Crippen LogP contribution in [0.1, 0.15) is 24.3 Å². The topological polar surface area (TPSA) is 64.9 Å². The van der Waals surface area contributed by atoms with Gasteiger partial charge in [0, 0.05) is 12.1 Å². The Labute approximate surface area is 119 Å². The molecule has 1 aromatic heterocycles. The highest BCUT2D eigenvalue weighted by Crippen LogP contribution is 2.34. The van der Waals surface area contributed by atoms with Crippen LogP contribution >= 0.6 is 12.4 Å². The quantitative estimate of drug-likeness (QED) is 0.945. The summed E-state index contributed by atoms with van der Waals surface area (Å²) in [6, 6.07) is 6.90. The molecule has 0 aliphatic carbocycles. The third-order valence-corrected chi connectivity index (χ3v) is 2.75. The fourth-order valence-corrected chi connectivity index (χ4v) is 1.46. The van der Waals surface area contributed by atoms with Crippen LogP contribution in [0.3, 0.4) is 0 Å². The lowest BCUT2D eigenvalue weighted by Crippen LogP contribution is -2.17. The van der Waals surface area contributed by atoms with E-state index in [9.17, 15) is 13.2 Å². The number of alkyl halides is 3. The number of nitrogens with zero attached hydrogens (tertiary/aromatic N) is 2. The molecular weight excluding hydrogens is 295 g/mol. The van der Waals surface area contributed by atoms with Gasteiger partial charge in [-0.15, -0.1) is 12.4 Å². The Bertz CT molecular complexity index is 554. The van der Waals surface area contributed by atoms with Crippen LogP contribution in [0.25, 0.3) is 11.4 Å². The van der Waals surface area contributed by atoms with E-state index in [2.05, 4.69) is 14.7 Å². The third kappa shape index (κ3) is 3.49. The van der Waals surface area contributed by atoms with E-state index in [0.717, 1.165) is 12.5 Å². The van der Waals surface area contributed by atoms with Crippen LogP contribution in [-0.4, -0.2) is 16.3 Å². The summed E-state index contributed by atoms with van der Waals surface area (Å²) in [5, 5.41) is 3.56. The predicted molar refractivity (Wildman–Crippen MR) is 69.3 cm³/mol. The van der Waals surface area contributed by atoms with Crippen molar-refractivity contribution in [2.75, 3.05) is 0 Å². The molecule has 2 rings (SSSR count). The van der Waals surface area contributed by atoms with Gasteiger partial charge < -0.3 is 10.3 Å². The summed E-state index contributed by atoms with van der Waals surface area (Å²) < 4.78 is 42.2. The largest absolute Gasteiger partial charge is 0.400 e. The van der Waals surface area contributed by atoms with E-state index in [-0.39, 0.29) is 18.2 Å². The second-order valence-electron chi connectivity index (χ2n) is 4.12. The second-order valence-corrected chi connectivity index (χ2v) is 4.12. The molecule has 0 bridgehead atoms. The average molecular weight is 308 g/mol. The number of hydrogen-bond acceptors (Lipinski definition) is 4. The number of hydrogen-bond donors (Lipinski definition) is 1. The summed E-state index contributed by atoms with van der Waals surface area (Å²) in [4.78, 5) is 3.77. The molecular formula is C12H13ClF3N3O. The molecule has 1 aromatic carbocycles. The van der Waals surface area contributed by atoms with Gasteiger partial charge >= 0.3 is 6.18 Å². The molecule has 2 aromatic rings. The van der Waals surface area contributed by atoms with Crippen LogP contribution in [0.15, 0.2) is 28.8 Å². The highest BCUT2D eigenvalue weighted by atomic mass is 35.5. The Hall–Kier alpha value is -1.60. The number of rotatable bonds is 3. The molecule has 0 amide bonds. The summed E-state index contributed by atoms with van der Waals surface area (Å²) in [5.41, 5.74) is 6.95. The summed E-state index contributed by atoms with van der Waals surface area (Å²) in [7, 11) is 0. The number of halogens is 4. The van der Waals surface area contributed by atoms with Crippen molar-refractivity contribution in [2.24, 2.45) is 5.73 Å². The minimum absolute atomic E-state index is 0. The molecule has 4 nitrogen and oxygen atoms in total. The van der Waals surface area contributed by atoms with Crippen LogP contribution in [0.5, 0.6) is 0 Å². The molecule has 0 spiro atoms. The lowest BCUT2D eigenvalue weighted by atomic mass is 10.1. The van der Waals surface area contributed by atoms with Crippen LogP contribution in [0.4, 0.5) is 13.2 Å². The molecule has 0 aliphatic rings. The molecule has 8 heteroatoms. The fourth-order valence-electron chi connectivity index (χ4n) is 1.46. The van der Waals surface area contributed by atoms with Crippen molar-refractivity contribution in [3.8, 4) is 11.4 Å². The molecule has 1 atom stereocenters. The normalized spacial score (nSPS) is 12.8. The summed E-state index contributed by atoms with van der Waals surface area (Å²) in [6.07, 6.45) is -4.40. The van der Waals surface area contributed by atoms with Crippen LogP contribution < -0.4 is 5.73 Å². The van der Waals surface area contributed by atoms with E-state index in [1.165, 1.54) is 0 Å².